The zero-order valence-corrected chi connectivity index (χ0v) is 15.7. The van der Waals surface area contributed by atoms with E-state index in [0.717, 1.165) is 30.7 Å². The Morgan fingerprint density at radius 3 is 2.52 bits per heavy atom. The Bertz CT molecular complexity index is 747. The van der Waals surface area contributed by atoms with E-state index in [1.165, 1.54) is 12.1 Å². The Balaban J connectivity index is 1.50. The lowest BCUT2D eigenvalue weighted by atomic mass is 10.0. The number of ether oxygens (including phenoxy) is 2. The molecule has 1 aliphatic rings. The summed E-state index contributed by atoms with van der Waals surface area (Å²) in [5, 5.41) is 0. The Morgan fingerprint density at radius 2 is 1.81 bits per heavy atom. The summed E-state index contributed by atoms with van der Waals surface area (Å²) in [5.41, 5.74) is 1.00. The van der Waals surface area contributed by atoms with Gasteiger partial charge in [0.2, 0.25) is 5.91 Å². The summed E-state index contributed by atoms with van der Waals surface area (Å²) < 4.78 is 24.5. The summed E-state index contributed by atoms with van der Waals surface area (Å²) >= 11 is 0. The second kappa shape index (κ2) is 9.40. The van der Waals surface area contributed by atoms with E-state index in [2.05, 4.69) is 0 Å². The van der Waals surface area contributed by atoms with Crippen molar-refractivity contribution in [3.8, 4) is 11.5 Å². The van der Waals surface area contributed by atoms with Crippen LogP contribution in [0.4, 0.5) is 4.39 Å². The third-order valence-corrected chi connectivity index (χ3v) is 4.77. The number of rotatable bonds is 8. The number of hydrogen-bond acceptors (Lipinski definition) is 3. The second-order valence-electron chi connectivity index (χ2n) is 6.63. The maximum atomic E-state index is 13.1. The van der Waals surface area contributed by atoms with Gasteiger partial charge in [-0.25, -0.2) is 4.39 Å². The Hall–Kier alpha value is -2.56. The molecule has 1 amide bonds. The normalized spacial score (nSPS) is 16.4. The van der Waals surface area contributed by atoms with Crippen LogP contribution in [0.25, 0.3) is 0 Å². The number of carbonyl (C=O) groups excluding carboxylic acids is 1. The molecule has 27 heavy (non-hydrogen) atoms. The van der Waals surface area contributed by atoms with Crippen molar-refractivity contribution in [1.29, 1.82) is 0 Å². The first-order valence-corrected chi connectivity index (χ1v) is 9.58. The van der Waals surface area contributed by atoms with E-state index in [1.807, 2.05) is 36.1 Å². The van der Waals surface area contributed by atoms with Gasteiger partial charge in [-0.2, -0.15) is 0 Å². The first-order valence-electron chi connectivity index (χ1n) is 9.58. The molecular formula is C22H26FNO3. The summed E-state index contributed by atoms with van der Waals surface area (Å²) in [7, 11) is 0. The van der Waals surface area contributed by atoms with Gasteiger partial charge in [-0.3, -0.25) is 4.79 Å². The van der Waals surface area contributed by atoms with Crippen molar-refractivity contribution in [2.75, 3.05) is 19.8 Å². The first-order chi connectivity index (χ1) is 13.2. The molecule has 0 bridgehead atoms. The van der Waals surface area contributed by atoms with Crippen LogP contribution in [0, 0.1) is 5.82 Å². The van der Waals surface area contributed by atoms with Crippen LogP contribution in [0.2, 0.25) is 0 Å². The molecule has 144 valence electrons. The van der Waals surface area contributed by atoms with Crippen molar-refractivity contribution in [2.24, 2.45) is 0 Å². The molecule has 0 aromatic heterocycles. The number of halogens is 1. The van der Waals surface area contributed by atoms with Crippen LogP contribution in [0.3, 0.4) is 0 Å². The lowest BCUT2D eigenvalue weighted by molar-refractivity contribution is -0.132. The molecule has 1 heterocycles. The maximum absolute atomic E-state index is 13.1. The smallest absolute Gasteiger partial charge is 0.223 e. The molecule has 1 aliphatic heterocycles. The van der Waals surface area contributed by atoms with Crippen LogP contribution in [0.1, 0.15) is 44.2 Å². The monoisotopic (exact) mass is 371 g/mol. The van der Waals surface area contributed by atoms with Gasteiger partial charge in [0.25, 0.3) is 0 Å². The third-order valence-electron chi connectivity index (χ3n) is 4.77. The molecule has 1 atom stereocenters. The fourth-order valence-electron chi connectivity index (χ4n) is 3.49. The molecule has 2 aromatic rings. The summed E-state index contributed by atoms with van der Waals surface area (Å²) in [6.07, 6.45) is 2.99. The number of carbonyl (C=O) groups is 1. The molecule has 0 radical (unpaired) electrons. The standard InChI is InChI=1S/C22H26FNO3/c1-2-26-20-8-3-4-9-21(20)27-16-6-10-22(25)24-15-5-7-19(24)17-11-13-18(23)14-12-17/h3-4,8-9,11-14,19H,2,5-7,10,15-16H2,1H3. The predicted molar refractivity (Wildman–Crippen MR) is 102 cm³/mol. The molecule has 3 rings (SSSR count). The van der Waals surface area contributed by atoms with Gasteiger partial charge in [-0.15, -0.1) is 0 Å². The van der Waals surface area contributed by atoms with E-state index in [0.29, 0.717) is 31.8 Å². The summed E-state index contributed by atoms with van der Waals surface area (Å²) in [4.78, 5) is 14.6. The van der Waals surface area contributed by atoms with Crippen LogP contribution < -0.4 is 9.47 Å². The average molecular weight is 371 g/mol. The summed E-state index contributed by atoms with van der Waals surface area (Å²) in [6.45, 7) is 3.74. The van der Waals surface area contributed by atoms with Gasteiger partial charge >= 0.3 is 0 Å². The minimum atomic E-state index is -0.251. The number of likely N-dealkylation sites (tertiary alicyclic amines) is 1. The molecule has 2 aromatic carbocycles. The first kappa shape index (κ1) is 19.2. The van der Waals surface area contributed by atoms with Crippen LogP contribution in [0.5, 0.6) is 11.5 Å². The van der Waals surface area contributed by atoms with Gasteiger partial charge in [0.05, 0.1) is 19.3 Å². The number of hydrogen-bond donors (Lipinski definition) is 0. The third kappa shape index (κ3) is 5.00. The van der Waals surface area contributed by atoms with Gasteiger partial charge in [-0.1, -0.05) is 24.3 Å². The minimum Gasteiger partial charge on any atom is -0.490 e. The molecular weight excluding hydrogens is 345 g/mol. The van der Waals surface area contributed by atoms with Crippen LogP contribution >= 0.6 is 0 Å². The molecule has 4 nitrogen and oxygen atoms in total. The number of nitrogens with zero attached hydrogens (tertiary/aromatic N) is 1. The van der Waals surface area contributed by atoms with Crippen molar-refractivity contribution < 1.29 is 18.7 Å². The minimum absolute atomic E-state index is 0.0534. The largest absolute Gasteiger partial charge is 0.490 e. The zero-order valence-electron chi connectivity index (χ0n) is 15.7. The highest BCUT2D eigenvalue weighted by Gasteiger charge is 2.29. The topological polar surface area (TPSA) is 38.8 Å². The average Bonchev–Trinajstić information content (AvgIpc) is 3.17. The highest BCUT2D eigenvalue weighted by Crippen LogP contribution is 2.32. The SMILES string of the molecule is CCOc1ccccc1OCCCC(=O)N1CCCC1c1ccc(F)cc1. The molecule has 1 fully saturated rings. The Labute approximate surface area is 159 Å². The number of benzene rings is 2. The molecule has 0 aliphatic carbocycles. The van der Waals surface area contributed by atoms with E-state index >= 15 is 0 Å². The van der Waals surface area contributed by atoms with Crippen molar-refractivity contribution in [3.63, 3.8) is 0 Å². The molecule has 1 unspecified atom stereocenters. The van der Waals surface area contributed by atoms with Crippen LogP contribution in [0.15, 0.2) is 48.5 Å². The van der Waals surface area contributed by atoms with Crippen molar-refractivity contribution >= 4 is 5.91 Å². The quantitative estimate of drug-likeness (QED) is 0.629. The van der Waals surface area contributed by atoms with E-state index in [-0.39, 0.29) is 17.8 Å². The Kier molecular flexibility index (Phi) is 6.69. The van der Waals surface area contributed by atoms with Crippen LogP contribution in [-0.4, -0.2) is 30.6 Å². The van der Waals surface area contributed by atoms with Crippen molar-refractivity contribution in [1.82, 2.24) is 4.90 Å². The molecule has 0 saturated carbocycles. The lowest BCUT2D eigenvalue weighted by Gasteiger charge is -2.25. The van der Waals surface area contributed by atoms with Crippen molar-refractivity contribution in [3.05, 3.63) is 59.9 Å². The van der Waals surface area contributed by atoms with Crippen LogP contribution in [-0.2, 0) is 4.79 Å². The predicted octanol–water partition coefficient (Wildman–Crippen LogP) is 4.75. The number of amides is 1. The zero-order chi connectivity index (χ0) is 19.1. The fourth-order valence-corrected chi connectivity index (χ4v) is 3.49. The van der Waals surface area contributed by atoms with Gasteiger partial charge in [-0.05, 0) is 56.0 Å². The van der Waals surface area contributed by atoms with Gasteiger partial charge in [0, 0.05) is 13.0 Å². The van der Waals surface area contributed by atoms with Crippen molar-refractivity contribution in [2.45, 2.75) is 38.6 Å². The van der Waals surface area contributed by atoms with E-state index in [9.17, 15) is 9.18 Å². The van der Waals surface area contributed by atoms with Gasteiger partial charge < -0.3 is 14.4 Å². The summed E-state index contributed by atoms with van der Waals surface area (Å²) in [6, 6.07) is 14.1. The lowest BCUT2D eigenvalue weighted by Crippen LogP contribution is -2.30. The molecule has 0 N–H and O–H groups in total. The highest BCUT2D eigenvalue weighted by atomic mass is 19.1. The molecule has 0 spiro atoms. The van der Waals surface area contributed by atoms with E-state index in [4.69, 9.17) is 9.47 Å². The highest BCUT2D eigenvalue weighted by molar-refractivity contribution is 5.77. The van der Waals surface area contributed by atoms with Gasteiger partial charge in [0.1, 0.15) is 5.82 Å². The van der Waals surface area contributed by atoms with E-state index in [1.54, 1.807) is 12.1 Å². The number of para-hydroxylation sites is 2. The van der Waals surface area contributed by atoms with E-state index < -0.39 is 0 Å². The fraction of sp³-hybridized carbons (Fsp3) is 0.409. The summed E-state index contributed by atoms with van der Waals surface area (Å²) in [5.74, 6) is 1.31. The Morgan fingerprint density at radius 1 is 1.11 bits per heavy atom. The second-order valence-corrected chi connectivity index (χ2v) is 6.63. The van der Waals surface area contributed by atoms with Gasteiger partial charge in [0.15, 0.2) is 11.5 Å². The molecule has 1 saturated heterocycles. The molecule has 5 heteroatoms. The maximum Gasteiger partial charge on any atom is 0.223 e.